The van der Waals surface area contributed by atoms with Crippen LogP contribution in [0.2, 0.25) is 0 Å². The topological polar surface area (TPSA) is 95.5 Å². The standard InChI is InChI=1S/C20H28N2O4/c1-13(2)9-17(20(25)26)22-19(24)12-21-18(23)11-14-7-8-15-5-3-4-6-16(15)10-14/h3-6,13-14,17H,7-12H2,1-2H3,(H,21,23)(H,22,24)(H,25,26)/t14?,17-/m0/s1. The zero-order valence-corrected chi connectivity index (χ0v) is 15.5. The molecule has 0 radical (unpaired) electrons. The summed E-state index contributed by atoms with van der Waals surface area (Å²) in [6, 6.07) is 7.37. The molecule has 6 nitrogen and oxygen atoms in total. The number of amides is 2. The first-order valence-electron chi connectivity index (χ1n) is 9.20. The number of hydrogen-bond acceptors (Lipinski definition) is 3. The summed E-state index contributed by atoms with van der Waals surface area (Å²) in [7, 11) is 0. The minimum Gasteiger partial charge on any atom is -0.480 e. The highest BCUT2D eigenvalue weighted by Gasteiger charge is 2.23. The molecule has 0 fully saturated rings. The average Bonchev–Trinajstić information content (AvgIpc) is 2.59. The van der Waals surface area contributed by atoms with Crippen LogP contribution in [0.15, 0.2) is 24.3 Å². The summed E-state index contributed by atoms with van der Waals surface area (Å²) >= 11 is 0. The van der Waals surface area contributed by atoms with E-state index in [2.05, 4.69) is 22.8 Å². The highest BCUT2D eigenvalue weighted by Crippen LogP contribution is 2.27. The molecule has 6 heteroatoms. The van der Waals surface area contributed by atoms with E-state index in [1.165, 1.54) is 11.1 Å². The number of aryl methyl sites for hydroxylation is 1. The lowest BCUT2D eigenvalue weighted by atomic mass is 9.82. The summed E-state index contributed by atoms with van der Waals surface area (Å²) in [5.74, 6) is -1.26. The molecule has 0 saturated carbocycles. The SMILES string of the molecule is CC(C)C[C@H](NC(=O)CNC(=O)CC1CCc2ccccc2C1)C(=O)O. The van der Waals surface area contributed by atoms with Gasteiger partial charge in [-0.3, -0.25) is 9.59 Å². The monoisotopic (exact) mass is 360 g/mol. The van der Waals surface area contributed by atoms with Crippen LogP contribution in [-0.2, 0) is 27.2 Å². The molecule has 2 atom stereocenters. The maximum Gasteiger partial charge on any atom is 0.326 e. The molecule has 26 heavy (non-hydrogen) atoms. The minimum atomic E-state index is -1.06. The molecule has 0 bridgehead atoms. The Morgan fingerprint density at radius 3 is 2.50 bits per heavy atom. The Morgan fingerprint density at radius 2 is 1.85 bits per heavy atom. The van der Waals surface area contributed by atoms with Gasteiger partial charge in [0.05, 0.1) is 6.54 Å². The molecule has 0 aliphatic heterocycles. The fraction of sp³-hybridized carbons (Fsp3) is 0.550. The van der Waals surface area contributed by atoms with E-state index in [0.717, 1.165) is 19.3 Å². The van der Waals surface area contributed by atoms with Crippen molar-refractivity contribution in [3.05, 3.63) is 35.4 Å². The molecule has 0 heterocycles. The number of rotatable bonds is 8. The summed E-state index contributed by atoms with van der Waals surface area (Å²) in [6.07, 6.45) is 3.56. The lowest BCUT2D eigenvalue weighted by Crippen LogP contribution is -2.46. The van der Waals surface area contributed by atoms with Crippen molar-refractivity contribution in [3.63, 3.8) is 0 Å². The second-order valence-electron chi connectivity index (χ2n) is 7.45. The molecule has 1 unspecified atom stereocenters. The second-order valence-corrected chi connectivity index (χ2v) is 7.45. The molecule has 1 aliphatic carbocycles. The third-order valence-corrected chi connectivity index (χ3v) is 4.71. The summed E-state index contributed by atoms with van der Waals surface area (Å²) in [5.41, 5.74) is 2.65. The van der Waals surface area contributed by atoms with E-state index in [1.54, 1.807) is 0 Å². The smallest absolute Gasteiger partial charge is 0.326 e. The fourth-order valence-corrected chi connectivity index (χ4v) is 3.40. The maximum atomic E-state index is 12.1. The van der Waals surface area contributed by atoms with Crippen LogP contribution in [0.5, 0.6) is 0 Å². The number of benzene rings is 1. The number of fused-ring (bicyclic) bond motifs is 1. The Bertz CT molecular complexity index is 657. The van der Waals surface area contributed by atoms with Gasteiger partial charge in [0.25, 0.3) is 0 Å². The van der Waals surface area contributed by atoms with Crippen LogP contribution in [0.25, 0.3) is 0 Å². The maximum absolute atomic E-state index is 12.1. The highest BCUT2D eigenvalue weighted by molar-refractivity contribution is 5.87. The molecule has 2 amide bonds. The van der Waals surface area contributed by atoms with Crippen LogP contribution >= 0.6 is 0 Å². The van der Waals surface area contributed by atoms with Gasteiger partial charge in [-0.25, -0.2) is 4.79 Å². The van der Waals surface area contributed by atoms with Crippen molar-refractivity contribution in [2.24, 2.45) is 11.8 Å². The zero-order chi connectivity index (χ0) is 19.1. The number of carbonyl (C=O) groups excluding carboxylic acids is 2. The predicted molar refractivity (Wildman–Crippen MR) is 98.6 cm³/mol. The van der Waals surface area contributed by atoms with Gasteiger partial charge in [-0.2, -0.15) is 0 Å². The number of carboxylic acids is 1. The van der Waals surface area contributed by atoms with Crippen LogP contribution < -0.4 is 10.6 Å². The van der Waals surface area contributed by atoms with Gasteiger partial charge in [-0.05, 0) is 48.6 Å². The highest BCUT2D eigenvalue weighted by atomic mass is 16.4. The zero-order valence-electron chi connectivity index (χ0n) is 15.5. The van der Waals surface area contributed by atoms with E-state index in [0.29, 0.717) is 12.8 Å². The first kappa shape index (κ1) is 19.9. The summed E-state index contributed by atoms with van der Waals surface area (Å²) < 4.78 is 0. The largest absolute Gasteiger partial charge is 0.480 e. The molecule has 3 N–H and O–H groups in total. The van der Waals surface area contributed by atoms with Gasteiger partial charge in [0.15, 0.2) is 0 Å². The van der Waals surface area contributed by atoms with Crippen LogP contribution in [0.3, 0.4) is 0 Å². The molecule has 0 aromatic heterocycles. The van der Waals surface area contributed by atoms with E-state index in [1.807, 2.05) is 26.0 Å². The van der Waals surface area contributed by atoms with Crippen molar-refractivity contribution in [1.29, 1.82) is 0 Å². The third-order valence-electron chi connectivity index (χ3n) is 4.71. The number of nitrogens with one attached hydrogen (secondary N) is 2. The summed E-state index contributed by atoms with van der Waals surface area (Å²) in [5, 5.41) is 14.2. The summed E-state index contributed by atoms with van der Waals surface area (Å²) in [4.78, 5) is 35.2. The van der Waals surface area contributed by atoms with Crippen molar-refractivity contribution in [3.8, 4) is 0 Å². The molecule has 1 aliphatic rings. The van der Waals surface area contributed by atoms with E-state index in [4.69, 9.17) is 5.11 Å². The van der Waals surface area contributed by atoms with E-state index in [-0.39, 0.29) is 24.3 Å². The van der Waals surface area contributed by atoms with Gasteiger partial charge in [-0.15, -0.1) is 0 Å². The lowest BCUT2D eigenvalue weighted by Gasteiger charge is -2.24. The Balaban J connectivity index is 1.74. The first-order chi connectivity index (χ1) is 12.3. The Kier molecular flexibility index (Phi) is 7.18. The number of aliphatic carboxylic acids is 1. The molecule has 1 aromatic carbocycles. The summed E-state index contributed by atoms with van der Waals surface area (Å²) in [6.45, 7) is 3.60. The Labute approximate surface area is 154 Å². The Morgan fingerprint density at radius 1 is 1.15 bits per heavy atom. The molecule has 2 rings (SSSR count). The molecular weight excluding hydrogens is 332 g/mol. The molecule has 0 spiro atoms. The van der Waals surface area contributed by atoms with Gasteiger partial charge >= 0.3 is 5.97 Å². The molecular formula is C20H28N2O4. The van der Waals surface area contributed by atoms with Crippen molar-refractivity contribution in [1.82, 2.24) is 10.6 Å². The van der Waals surface area contributed by atoms with Crippen molar-refractivity contribution in [2.45, 2.75) is 52.0 Å². The third kappa shape index (κ3) is 6.17. The van der Waals surface area contributed by atoms with Crippen LogP contribution in [-0.4, -0.2) is 35.5 Å². The van der Waals surface area contributed by atoms with Crippen molar-refractivity contribution >= 4 is 17.8 Å². The van der Waals surface area contributed by atoms with Crippen molar-refractivity contribution < 1.29 is 19.5 Å². The van der Waals surface area contributed by atoms with Crippen LogP contribution in [0.1, 0.15) is 44.2 Å². The van der Waals surface area contributed by atoms with Gasteiger partial charge in [-0.1, -0.05) is 38.1 Å². The van der Waals surface area contributed by atoms with Gasteiger partial charge in [0.1, 0.15) is 6.04 Å². The number of hydrogen-bond donors (Lipinski definition) is 3. The average molecular weight is 360 g/mol. The fourth-order valence-electron chi connectivity index (χ4n) is 3.40. The molecule has 1 aromatic rings. The van der Waals surface area contributed by atoms with E-state index >= 15 is 0 Å². The quantitative estimate of drug-likeness (QED) is 0.660. The van der Waals surface area contributed by atoms with Crippen molar-refractivity contribution in [2.75, 3.05) is 6.54 Å². The minimum absolute atomic E-state index is 0.153. The Hall–Kier alpha value is -2.37. The predicted octanol–water partition coefficient (Wildman–Crippen LogP) is 1.91. The van der Waals surface area contributed by atoms with Gasteiger partial charge in [0.2, 0.25) is 11.8 Å². The van der Waals surface area contributed by atoms with Crippen LogP contribution in [0, 0.1) is 11.8 Å². The van der Waals surface area contributed by atoms with Gasteiger partial charge < -0.3 is 15.7 Å². The number of carbonyl (C=O) groups is 3. The number of carboxylic acid groups (broad SMARTS) is 1. The molecule has 142 valence electrons. The molecule has 0 saturated heterocycles. The van der Waals surface area contributed by atoms with E-state index < -0.39 is 17.9 Å². The normalized spacial score (nSPS) is 17.3. The second kappa shape index (κ2) is 9.36. The van der Waals surface area contributed by atoms with Gasteiger partial charge in [0, 0.05) is 6.42 Å². The first-order valence-corrected chi connectivity index (χ1v) is 9.20. The van der Waals surface area contributed by atoms with Crippen LogP contribution in [0.4, 0.5) is 0 Å². The lowest BCUT2D eigenvalue weighted by molar-refractivity contribution is -0.142. The van der Waals surface area contributed by atoms with E-state index in [9.17, 15) is 14.4 Å².